The summed E-state index contributed by atoms with van der Waals surface area (Å²) in [6, 6.07) is -0.289. The quantitative estimate of drug-likeness (QED) is 0.595. The van der Waals surface area contributed by atoms with Gasteiger partial charge in [-0.25, -0.2) is 4.79 Å². The summed E-state index contributed by atoms with van der Waals surface area (Å²) in [6.45, 7) is 0. The second kappa shape index (κ2) is 2.86. The van der Waals surface area contributed by atoms with Crippen LogP contribution in [0.15, 0.2) is 17.0 Å². The van der Waals surface area contributed by atoms with Gasteiger partial charge in [0.2, 0.25) is 0 Å². The molecule has 0 unspecified atom stereocenters. The Bertz CT molecular complexity index is 207. The van der Waals surface area contributed by atoms with E-state index in [-0.39, 0.29) is 6.03 Å². The highest BCUT2D eigenvalue weighted by atomic mass is 16.5. The lowest BCUT2D eigenvalue weighted by Crippen LogP contribution is -2.24. The zero-order valence-corrected chi connectivity index (χ0v) is 5.42. The molecule has 1 heterocycles. The highest BCUT2D eigenvalue weighted by Crippen LogP contribution is 2.01. The fraction of sp³-hybridized carbons (Fsp3) is 0.200. The number of carbonyl (C=O) groups excluding carboxylic acids is 1. The number of nitrogens with zero attached hydrogens (tertiary/aromatic N) is 1. The van der Waals surface area contributed by atoms with E-state index in [2.05, 4.69) is 20.3 Å². The molecule has 0 aliphatic rings. The van der Waals surface area contributed by atoms with Crippen molar-refractivity contribution in [3.8, 4) is 0 Å². The molecule has 0 saturated heterocycles. The Kier molecular flexibility index (Phi) is 1.89. The van der Waals surface area contributed by atoms with Gasteiger partial charge in [-0.3, -0.25) is 0 Å². The van der Waals surface area contributed by atoms with Crippen LogP contribution in [0, 0.1) is 0 Å². The van der Waals surface area contributed by atoms with Gasteiger partial charge >= 0.3 is 6.03 Å². The molecule has 0 bridgehead atoms. The van der Waals surface area contributed by atoms with Gasteiger partial charge in [0, 0.05) is 7.05 Å². The third kappa shape index (κ3) is 1.48. The van der Waals surface area contributed by atoms with Crippen molar-refractivity contribution in [2.45, 2.75) is 0 Å². The zero-order valence-electron chi connectivity index (χ0n) is 5.42. The van der Waals surface area contributed by atoms with Crippen molar-refractivity contribution in [3.05, 3.63) is 12.5 Å². The summed E-state index contributed by atoms with van der Waals surface area (Å²) >= 11 is 0. The van der Waals surface area contributed by atoms with Crippen LogP contribution in [0.25, 0.3) is 0 Å². The Balaban J connectivity index is 2.48. The number of aromatic nitrogens is 1. The van der Waals surface area contributed by atoms with E-state index in [4.69, 9.17) is 0 Å². The minimum atomic E-state index is -0.289. The molecule has 2 N–H and O–H groups in total. The summed E-state index contributed by atoms with van der Waals surface area (Å²) < 4.78 is 4.47. The van der Waals surface area contributed by atoms with Gasteiger partial charge in [0.15, 0.2) is 0 Å². The van der Waals surface area contributed by atoms with Crippen molar-refractivity contribution in [1.82, 2.24) is 10.5 Å². The topological polar surface area (TPSA) is 67.2 Å². The van der Waals surface area contributed by atoms with Gasteiger partial charge < -0.3 is 15.2 Å². The van der Waals surface area contributed by atoms with Crippen LogP contribution in [-0.4, -0.2) is 18.2 Å². The summed E-state index contributed by atoms with van der Waals surface area (Å²) in [7, 11) is 1.53. The van der Waals surface area contributed by atoms with Gasteiger partial charge in [0.25, 0.3) is 0 Å². The number of hydrogen-bond acceptors (Lipinski definition) is 3. The normalized spacial score (nSPS) is 8.90. The molecule has 10 heavy (non-hydrogen) atoms. The van der Waals surface area contributed by atoms with Crippen LogP contribution >= 0.6 is 0 Å². The van der Waals surface area contributed by atoms with Gasteiger partial charge in [-0.15, -0.1) is 0 Å². The number of anilines is 1. The Morgan fingerprint density at radius 2 is 2.60 bits per heavy atom. The van der Waals surface area contributed by atoms with Crippen molar-refractivity contribution < 1.29 is 9.32 Å². The lowest BCUT2D eigenvalue weighted by atomic mass is 10.6. The molecule has 54 valence electrons. The Morgan fingerprint density at radius 3 is 3.10 bits per heavy atom. The van der Waals surface area contributed by atoms with Gasteiger partial charge in [-0.1, -0.05) is 5.16 Å². The lowest BCUT2D eigenvalue weighted by molar-refractivity contribution is 0.254. The minimum Gasteiger partial charge on any atom is -0.363 e. The maximum Gasteiger partial charge on any atom is 0.319 e. The van der Waals surface area contributed by atoms with Crippen LogP contribution < -0.4 is 10.6 Å². The van der Waals surface area contributed by atoms with Gasteiger partial charge in [-0.05, 0) is 0 Å². The van der Waals surface area contributed by atoms with Gasteiger partial charge in [0.05, 0.1) is 6.20 Å². The zero-order chi connectivity index (χ0) is 7.40. The Morgan fingerprint density at radius 1 is 1.80 bits per heavy atom. The first-order valence-electron chi connectivity index (χ1n) is 2.71. The van der Waals surface area contributed by atoms with Crippen molar-refractivity contribution in [2.75, 3.05) is 12.4 Å². The van der Waals surface area contributed by atoms with Crippen molar-refractivity contribution in [3.63, 3.8) is 0 Å². The fourth-order valence-corrected chi connectivity index (χ4v) is 0.460. The fourth-order valence-electron chi connectivity index (χ4n) is 0.460. The van der Waals surface area contributed by atoms with Gasteiger partial charge in [-0.2, -0.15) is 0 Å². The molecule has 0 aromatic carbocycles. The third-order valence-electron chi connectivity index (χ3n) is 0.917. The summed E-state index contributed by atoms with van der Waals surface area (Å²) in [4.78, 5) is 10.6. The molecular weight excluding hydrogens is 134 g/mol. The standard InChI is InChI=1S/C5H7N3O2/c1-6-5(9)8-4-2-7-10-3-4/h2-3H,1H3,(H2,6,8,9). The van der Waals surface area contributed by atoms with Crippen LogP contribution in [0.2, 0.25) is 0 Å². The number of carbonyl (C=O) groups is 1. The molecule has 5 nitrogen and oxygen atoms in total. The molecule has 1 aromatic rings. The number of nitrogens with one attached hydrogen (secondary N) is 2. The van der Waals surface area contributed by atoms with E-state index in [0.717, 1.165) is 0 Å². The monoisotopic (exact) mass is 141 g/mol. The predicted octanol–water partition coefficient (Wildman–Crippen LogP) is 0.426. The Labute approximate surface area is 57.4 Å². The molecule has 0 spiro atoms. The van der Waals surface area contributed by atoms with E-state index >= 15 is 0 Å². The van der Waals surface area contributed by atoms with E-state index in [0.29, 0.717) is 5.69 Å². The molecule has 0 atom stereocenters. The van der Waals surface area contributed by atoms with Crippen LogP contribution in [0.3, 0.4) is 0 Å². The molecule has 1 rings (SSSR count). The van der Waals surface area contributed by atoms with E-state index in [1.165, 1.54) is 19.5 Å². The smallest absolute Gasteiger partial charge is 0.319 e. The van der Waals surface area contributed by atoms with E-state index in [1.807, 2.05) is 0 Å². The number of hydrogen-bond donors (Lipinski definition) is 2. The molecule has 0 radical (unpaired) electrons. The van der Waals surface area contributed by atoms with E-state index in [9.17, 15) is 4.79 Å². The average molecular weight is 141 g/mol. The molecule has 0 aliphatic heterocycles. The first kappa shape index (κ1) is 6.60. The van der Waals surface area contributed by atoms with Crippen LogP contribution in [0.5, 0.6) is 0 Å². The largest absolute Gasteiger partial charge is 0.363 e. The van der Waals surface area contributed by atoms with Crippen molar-refractivity contribution in [1.29, 1.82) is 0 Å². The summed E-state index contributed by atoms with van der Waals surface area (Å²) in [5.41, 5.74) is 0.541. The van der Waals surface area contributed by atoms with E-state index in [1.54, 1.807) is 0 Å². The highest BCUT2D eigenvalue weighted by Gasteiger charge is 1.97. The number of rotatable bonds is 1. The first-order chi connectivity index (χ1) is 4.83. The van der Waals surface area contributed by atoms with Crippen LogP contribution in [0.4, 0.5) is 10.5 Å². The summed E-state index contributed by atoms with van der Waals surface area (Å²) in [5, 5.41) is 8.24. The predicted molar refractivity (Wildman–Crippen MR) is 34.6 cm³/mol. The van der Waals surface area contributed by atoms with Crippen molar-refractivity contribution >= 4 is 11.7 Å². The second-order valence-electron chi connectivity index (χ2n) is 1.62. The van der Waals surface area contributed by atoms with Gasteiger partial charge in [0.1, 0.15) is 12.0 Å². The van der Waals surface area contributed by atoms with Crippen molar-refractivity contribution in [2.24, 2.45) is 0 Å². The maximum absolute atomic E-state index is 10.6. The number of urea groups is 1. The maximum atomic E-state index is 10.6. The second-order valence-corrected chi connectivity index (χ2v) is 1.62. The molecule has 2 amide bonds. The molecule has 0 fully saturated rings. The lowest BCUT2D eigenvalue weighted by Gasteiger charge is -1.96. The first-order valence-corrected chi connectivity index (χ1v) is 2.71. The Hall–Kier alpha value is -1.52. The SMILES string of the molecule is CNC(=O)Nc1cnoc1. The molecule has 5 heteroatoms. The van der Waals surface area contributed by atoms with Crippen LogP contribution in [0.1, 0.15) is 0 Å². The van der Waals surface area contributed by atoms with E-state index < -0.39 is 0 Å². The number of amides is 2. The molecule has 0 saturated carbocycles. The molecular formula is C5H7N3O2. The molecule has 0 aliphatic carbocycles. The molecule has 1 aromatic heterocycles. The average Bonchev–Trinajstić information content (AvgIpc) is 2.40. The summed E-state index contributed by atoms with van der Waals surface area (Å²) in [5.74, 6) is 0. The summed E-state index contributed by atoms with van der Waals surface area (Å²) in [6.07, 6.45) is 2.75. The third-order valence-corrected chi connectivity index (χ3v) is 0.917. The minimum absolute atomic E-state index is 0.289. The highest BCUT2D eigenvalue weighted by molar-refractivity contribution is 5.88. The van der Waals surface area contributed by atoms with Crippen LogP contribution in [-0.2, 0) is 0 Å².